The quantitative estimate of drug-likeness (QED) is 0.432. The molecule has 0 fully saturated rings. The van der Waals surface area contributed by atoms with Gasteiger partial charge in [0.15, 0.2) is 5.76 Å². The van der Waals surface area contributed by atoms with Crippen molar-refractivity contribution in [3.63, 3.8) is 0 Å². The van der Waals surface area contributed by atoms with E-state index in [1.165, 1.54) is 0 Å². The standard InChI is InChI=1S/C25H17ClN2O3/c26-18-7-5-16(6-8-18)22-13-14-23(31-22)24(29)27-19-9-11-20(12-10-19)28-15-17-3-1-2-4-21(17)25(28)30/h1-14H,15H2,(H,27,29). The minimum Gasteiger partial charge on any atom is -0.451 e. The van der Waals surface area contributed by atoms with Crippen LogP contribution in [0.15, 0.2) is 89.3 Å². The van der Waals surface area contributed by atoms with Gasteiger partial charge >= 0.3 is 0 Å². The topological polar surface area (TPSA) is 62.6 Å². The molecule has 0 atom stereocenters. The normalized spacial score (nSPS) is 12.7. The summed E-state index contributed by atoms with van der Waals surface area (Å²) in [4.78, 5) is 26.9. The maximum atomic E-state index is 12.6. The minimum atomic E-state index is -0.349. The van der Waals surface area contributed by atoms with Crippen molar-refractivity contribution in [2.45, 2.75) is 6.54 Å². The highest BCUT2D eigenvalue weighted by Gasteiger charge is 2.27. The molecule has 1 N–H and O–H groups in total. The molecule has 0 saturated carbocycles. The van der Waals surface area contributed by atoms with Gasteiger partial charge in [-0.1, -0.05) is 29.8 Å². The number of benzene rings is 3. The summed E-state index contributed by atoms with van der Waals surface area (Å²) in [5.41, 5.74) is 3.97. The van der Waals surface area contributed by atoms with Crippen molar-refractivity contribution in [3.8, 4) is 11.3 Å². The molecule has 0 spiro atoms. The van der Waals surface area contributed by atoms with Crippen molar-refractivity contribution in [2.24, 2.45) is 0 Å². The van der Waals surface area contributed by atoms with Gasteiger partial charge < -0.3 is 14.6 Å². The zero-order valence-electron chi connectivity index (χ0n) is 16.3. The van der Waals surface area contributed by atoms with Crippen molar-refractivity contribution in [3.05, 3.63) is 107 Å². The van der Waals surface area contributed by atoms with E-state index in [2.05, 4.69) is 5.32 Å². The fourth-order valence-corrected chi connectivity index (χ4v) is 3.74. The van der Waals surface area contributed by atoms with Crippen molar-refractivity contribution >= 4 is 34.8 Å². The van der Waals surface area contributed by atoms with Crippen LogP contribution in [0.5, 0.6) is 0 Å². The molecule has 0 aliphatic carbocycles. The molecule has 31 heavy (non-hydrogen) atoms. The van der Waals surface area contributed by atoms with Crippen molar-refractivity contribution in [1.29, 1.82) is 0 Å². The molecule has 2 heterocycles. The van der Waals surface area contributed by atoms with Gasteiger partial charge in [0, 0.05) is 27.5 Å². The average Bonchev–Trinajstić information content (AvgIpc) is 3.41. The average molecular weight is 429 g/mol. The summed E-state index contributed by atoms with van der Waals surface area (Å²) < 4.78 is 5.69. The van der Waals surface area contributed by atoms with E-state index >= 15 is 0 Å². The lowest BCUT2D eigenvalue weighted by Crippen LogP contribution is -2.22. The molecule has 5 rings (SSSR count). The van der Waals surface area contributed by atoms with Gasteiger partial charge in [0.25, 0.3) is 11.8 Å². The number of carbonyl (C=O) groups is 2. The summed E-state index contributed by atoms with van der Waals surface area (Å²) in [5, 5.41) is 3.46. The molecular formula is C25H17ClN2O3. The van der Waals surface area contributed by atoms with Crippen molar-refractivity contribution < 1.29 is 14.0 Å². The lowest BCUT2D eigenvalue weighted by atomic mass is 10.1. The number of furan rings is 1. The molecule has 0 unspecified atom stereocenters. The number of rotatable bonds is 4. The SMILES string of the molecule is O=C(Nc1ccc(N2Cc3ccccc3C2=O)cc1)c1ccc(-c2ccc(Cl)cc2)o1. The van der Waals surface area contributed by atoms with Gasteiger partial charge in [-0.2, -0.15) is 0 Å². The van der Waals surface area contributed by atoms with Gasteiger partial charge in [-0.25, -0.2) is 0 Å². The van der Waals surface area contributed by atoms with E-state index in [1.807, 2.05) is 48.5 Å². The number of anilines is 2. The molecule has 4 aromatic rings. The first-order valence-corrected chi connectivity index (χ1v) is 10.1. The Kier molecular flexibility index (Phi) is 4.81. The Labute approximate surface area is 183 Å². The van der Waals surface area contributed by atoms with Crippen LogP contribution >= 0.6 is 11.6 Å². The van der Waals surface area contributed by atoms with Gasteiger partial charge in [-0.15, -0.1) is 0 Å². The second-order valence-corrected chi connectivity index (χ2v) is 7.66. The molecule has 5 nitrogen and oxygen atoms in total. The summed E-state index contributed by atoms with van der Waals surface area (Å²) in [5.74, 6) is 0.429. The summed E-state index contributed by atoms with van der Waals surface area (Å²) in [6.45, 7) is 0.542. The van der Waals surface area contributed by atoms with E-state index in [0.29, 0.717) is 23.0 Å². The largest absolute Gasteiger partial charge is 0.451 e. The summed E-state index contributed by atoms with van der Waals surface area (Å²) in [6.07, 6.45) is 0. The van der Waals surface area contributed by atoms with Gasteiger partial charge in [0.05, 0.1) is 6.54 Å². The highest BCUT2D eigenvalue weighted by Crippen LogP contribution is 2.29. The first kappa shape index (κ1) is 19.2. The third kappa shape index (κ3) is 3.71. The number of fused-ring (bicyclic) bond motifs is 1. The Bertz CT molecular complexity index is 1280. The molecule has 152 valence electrons. The number of carbonyl (C=O) groups excluding carboxylic acids is 2. The molecule has 1 aliphatic heterocycles. The molecule has 6 heteroatoms. The van der Waals surface area contributed by atoms with Crippen LogP contribution in [0.25, 0.3) is 11.3 Å². The second kappa shape index (κ2) is 7.78. The van der Waals surface area contributed by atoms with Crippen LogP contribution in [0.4, 0.5) is 11.4 Å². The molecule has 2 amide bonds. The number of amides is 2. The van der Waals surface area contributed by atoms with Crippen LogP contribution in [-0.2, 0) is 6.54 Å². The number of nitrogens with one attached hydrogen (secondary N) is 1. The highest BCUT2D eigenvalue weighted by atomic mass is 35.5. The molecule has 0 radical (unpaired) electrons. The molecule has 0 saturated heterocycles. The van der Waals surface area contributed by atoms with Crippen LogP contribution < -0.4 is 10.2 Å². The highest BCUT2D eigenvalue weighted by molar-refractivity contribution is 6.30. The van der Waals surface area contributed by atoms with Crippen LogP contribution in [0.3, 0.4) is 0 Å². The van der Waals surface area contributed by atoms with Gasteiger partial charge in [-0.3, -0.25) is 9.59 Å². The monoisotopic (exact) mass is 428 g/mol. The zero-order valence-corrected chi connectivity index (χ0v) is 17.1. The smallest absolute Gasteiger partial charge is 0.291 e. The second-order valence-electron chi connectivity index (χ2n) is 7.22. The molecular weight excluding hydrogens is 412 g/mol. The predicted octanol–water partition coefficient (Wildman–Crippen LogP) is 6.01. The van der Waals surface area contributed by atoms with E-state index in [9.17, 15) is 9.59 Å². The maximum Gasteiger partial charge on any atom is 0.291 e. The Hall–Kier alpha value is -3.83. The van der Waals surface area contributed by atoms with Gasteiger partial charge in [0.2, 0.25) is 0 Å². The Morgan fingerprint density at radius 2 is 1.65 bits per heavy atom. The third-order valence-corrected chi connectivity index (χ3v) is 5.47. The Balaban J connectivity index is 1.28. The zero-order chi connectivity index (χ0) is 21.4. The van der Waals surface area contributed by atoms with Crippen LogP contribution in [-0.4, -0.2) is 11.8 Å². The van der Waals surface area contributed by atoms with Crippen molar-refractivity contribution in [1.82, 2.24) is 0 Å². The lowest BCUT2D eigenvalue weighted by molar-refractivity contribution is 0.0989. The van der Waals surface area contributed by atoms with Crippen molar-refractivity contribution in [2.75, 3.05) is 10.2 Å². The molecule has 1 aliphatic rings. The lowest BCUT2D eigenvalue weighted by Gasteiger charge is -2.16. The Morgan fingerprint density at radius 1 is 0.903 bits per heavy atom. The van der Waals surface area contributed by atoms with Crippen LogP contribution in [0.1, 0.15) is 26.5 Å². The number of halogens is 1. The first-order chi connectivity index (χ1) is 15.1. The number of nitrogens with zero attached hydrogens (tertiary/aromatic N) is 1. The van der Waals surface area contributed by atoms with E-state index in [-0.39, 0.29) is 17.6 Å². The predicted molar refractivity (Wildman–Crippen MR) is 121 cm³/mol. The first-order valence-electron chi connectivity index (χ1n) is 9.75. The van der Waals surface area contributed by atoms with E-state index in [1.54, 1.807) is 41.3 Å². The summed E-state index contributed by atoms with van der Waals surface area (Å²) in [7, 11) is 0. The third-order valence-electron chi connectivity index (χ3n) is 5.22. The Morgan fingerprint density at radius 3 is 2.39 bits per heavy atom. The molecule has 3 aromatic carbocycles. The minimum absolute atomic E-state index is 0.0160. The fourth-order valence-electron chi connectivity index (χ4n) is 3.61. The van der Waals surface area contributed by atoms with E-state index in [4.69, 9.17) is 16.0 Å². The van der Waals surface area contributed by atoms with Crippen LogP contribution in [0.2, 0.25) is 5.02 Å². The van der Waals surface area contributed by atoms with Gasteiger partial charge in [0.1, 0.15) is 5.76 Å². The molecule has 1 aromatic heterocycles. The summed E-state index contributed by atoms with van der Waals surface area (Å²) >= 11 is 5.91. The van der Waals surface area contributed by atoms with Gasteiger partial charge in [-0.05, 0) is 72.3 Å². The van der Waals surface area contributed by atoms with E-state index in [0.717, 1.165) is 22.4 Å². The number of hydrogen-bond donors (Lipinski definition) is 1. The number of hydrogen-bond acceptors (Lipinski definition) is 3. The summed E-state index contributed by atoms with van der Waals surface area (Å²) in [6, 6.07) is 25.4. The van der Waals surface area contributed by atoms with E-state index < -0.39 is 0 Å². The fraction of sp³-hybridized carbons (Fsp3) is 0.0400. The molecule has 0 bridgehead atoms. The maximum absolute atomic E-state index is 12.6. The van der Waals surface area contributed by atoms with Crippen LogP contribution in [0, 0.1) is 0 Å².